The zero-order chi connectivity index (χ0) is 15.5. The molecular weight excluding hydrogens is 330 g/mol. The van der Waals surface area contributed by atoms with Crippen LogP contribution in [0.1, 0.15) is 6.92 Å². The number of amides is 1. The zero-order valence-corrected chi connectivity index (χ0v) is 13.7. The molecule has 0 unspecified atom stereocenters. The molecule has 1 aromatic carbocycles. The molecule has 1 aromatic rings. The third kappa shape index (κ3) is 4.73. The van der Waals surface area contributed by atoms with Gasteiger partial charge in [-0.1, -0.05) is 23.5 Å². The van der Waals surface area contributed by atoms with Gasteiger partial charge in [-0.2, -0.15) is 0 Å². The number of nitrogens with two attached hydrogens (primary N) is 1. The van der Waals surface area contributed by atoms with Gasteiger partial charge in [0.05, 0.1) is 16.7 Å². The minimum absolute atomic E-state index is 0.0135. The number of thioether (sulfide) groups is 2. The van der Waals surface area contributed by atoms with Gasteiger partial charge in [0, 0.05) is 11.4 Å². The van der Waals surface area contributed by atoms with E-state index in [0.717, 1.165) is 16.7 Å². The van der Waals surface area contributed by atoms with Gasteiger partial charge in [0.2, 0.25) is 15.9 Å². The second-order valence-corrected chi connectivity index (χ2v) is 8.55. The summed E-state index contributed by atoms with van der Waals surface area (Å²) in [5.41, 5.74) is 0.529. The van der Waals surface area contributed by atoms with Gasteiger partial charge in [0.15, 0.2) is 0 Å². The zero-order valence-electron chi connectivity index (χ0n) is 11.3. The van der Waals surface area contributed by atoms with Crippen molar-refractivity contribution in [3.8, 4) is 0 Å². The molecule has 0 bridgehead atoms. The van der Waals surface area contributed by atoms with Gasteiger partial charge in [-0.15, -0.1) is 0 Å². The van der Waals surface area contributed by atoms with E-state index in [1.54, 1.807) is 18.7 Å². The maximum absolute atomic E-state index is 12.0. The molecule has 0 aromatic heterocycles. The highest BCUT2D eigenvalue weighted by molar-refractivity contribution is 8.39. The van der Waals surface area contributed by atoms with Crippen LogP contribution < -0.4 is 10.5 Å². The summed E-state index contributed by atoms with van der Waals surface area (Å²) in [5.74, 6) is 0.810. The molecular formula is C12H15N3O3S3. The summed E-state index contributed by atoms with van der Waals surface area (Å²) in [6.07, 6.45) is 0. The molecule has 1 aliphatic rings. The molecule has 6 nitrogen and oxygen atoms in total. The van der Waals surface area contributed by atoms with E-state index >= 15 is 0 Å². The average Bonchev–Trinajstić information content (AvgIpc) is 2.91. The topological polar surface area (TPSA) is 102 Å². The summed E-state index contributed by atoms with van der Waals surface area (Å²) < 4.78 is 23.2. The predicted octanol–water partition coefficient (Wildman–Crippen LogP) is 1.50. The first-order valence-corrected chi connectivity index (χ1v) is 9.55. The summed E-state index contributed by atoms with van der Waals surface area (Å²) >= 11 is 3.08. The number of nitrogens with one attached hydrogen (secondary N) is 1. The van der Waals surface area contributed by atoms with Crippen LogP contribution in [0.5, 0.6) is 0 Å². The van der Waals surface area contributed by atoms with E-state index < -0.39 is 10.0 Å². The number of primary sulfonamides is 1. The Kier molecular flexibility index (Phi) is 5.31. The van der Waals surface area contributed by atoms with Crippen LogP contribution in [0.15, 0.2) is 34.2 Å². The van der Waals surface area contributed by atoms with Gasteiger partial charge in [-0.25, -0.2) is 13.6 Å². The fraction of sp³-hybridized carbons (Fsp3) is 0.333. The van der Waals surface area contributed by atoms with E-state index in [1.807, 2.05) is 0 Å². The van der Waals surface area contributed by atoms with Gasteiger partial charge >= 0.3 is 0 Å². The summed E-state index contributed by atoms with van der Waals surface area (Å²) in [6, 6.07) is 5.74. The Bertz CT molecular complexity index is 656. The van der Waals surface area contributed by atoms with Crippen LogP contribution in [0, 0.1) is 0 Å². The van der Waals surface area contributed by atoms with E-state index in [0.29, 0.717) is 5.69 Å². The molecule has 1 amide bonds. The van der Waals surface area contributed by atoms with Crippen molar-refractivity contribution in [1.29, 1.82) is 0 Å². The quantitative estimate of drug-likeness (QED) is 0.861. The SMILES string of the molecule is C[C@@H](SC1=NCCS1)C(=O)Nc1ccc(S(N)(=O)=O)cc1. The molecule has 0 spiro atoms. The number of benzene rings is 1. The van der Waals surface area contributed by atoms with Crippen LogP contribution >= 0.6 is 23.5 Å². The van der Waals surface area contributed by atoms with E-state index in [9.17, 15) is 13.2 Å². The summed E-state index contributed by atoms with van der Waals surface area (Å²) in [6.45, 7) is 2.61. The lowest BCUT2D eigenvalue weighted by Gasteiger charge is -2.11. The molecule has 1 aliphatic heterocycles. The Morgan fingerprint density at radius 1 is 1.43 bits per heavy atom. The van der Waals surface area contributed by atoms with Crippen LogP contribution in [0.2, 0.25) is 0 Å². The van der Waals surface area contributed by atoms with Crippen LogP contribution in [0.3, 0.4) is 0 Å². The maximum atomic E-state index is 12.0. The summed E-state index contributed by atoms with van der Waals surface area (Å²) in [4.78, 5) is 16.3. The van der Waals surface area contributed by atoms with E-state index in [2.05, 4.69) is 10.3 Å². The fourth-order valence-corrected chi connectivity index (χ4v) is 4.21. The lowest BCUT2D eigenvalue weighted by atomic mass is 10.3. The molecule has 0 saturated carbocycles. The van der Waals surface area contributed by atoms with Gasteiger partial charge in [0.25, 0.3) is 0 Å². The molecule has 3 N–H and O–H groups in total. The average molecular weight is 345 g/mol. The van der Waals surface area contributed by atoms with Crippen molar-refractivity contribution in [3.05, 3.63) is 24.3 Å². The third-order valence-electron chi connectivity index (χ3n) is 2.65. The van der Waals surface area contributed by atoms with Crippen molar-refractivity contribution in [3.63, 3.8) is 0 Å². The second-order valence-electron chi connectivity index (χ2n) is 4.31. The number of aliphatic imine (C=N–C) groups is 1. The van der Waals surface area contributed by atoms with Crippen molar-refractivity contribution in [1.82, 2.24) is 0 Å². The number of anilines is 1. The highest BCUT2D eigenvalue weighted by Gasteiger charge is 2.19. The highest BCUT2D eigenvalue weighted by Crippen LogP contribution is 2.26. The predicted molar refractivity (Wildman–Crippen MR) is 88.3 cm³/mol. The number of hydrogen-bond acceptors (Lipinski definition) is 6. The lowest BCUT2D eigenvalue weighted by molar-refractivity contribution is -0.115. The second kappa shape index (κ2) is 6.82. The fourth-order valence-electron chi connectivity index (χ4n) is 1.56. The molecule has 0 aliphatic carbocycles. The van der Waals surface area contributed by atoms with Crippen molar-refractivity contribution in [2.75, 3.05) is 17.6 Å². The molecule has 21 heavy (non-hydrogen) atoms. The monoisotopic (exact) mass is 345 g/mol. The molecule has 114 valence electrons. The molecule has 1 atom stereocenters. The number of hydrogen-bond donors (Lipinski definition) is 2. The van der Waals surface area contributed by atoms with E-state index in [1.165, 1.54) is 36.0 Å². The molecule has 2 rings (SSSR count). The molecule has 9 heteroatoms. The Balaban J connectivity index is 1.95. The van der Waals surface area contributed by atoms with Crippen LogP contribution in [-0.2, 0) is 14.8 Å². The Hall–Kier alpha value is -1.03. The first-order chi connectivity index (χ1) is 9.86. The minimum atomic E-state index is -3.72. The van der Waals surface area contributed by atoms with Crippen LogP contribution in [0.4, 0.5) is 5.69 Å². The van der Waals surface area contributed by atoms with Crippen LogP contribution in [-0.4, -0.2) is 36.2 Å². The Morgan fingerprint density at radius 3 is 2.62 bits per heavy atom. The molecule has 0 radical (unpaired) electrons. The normalized spacial score (nSPS) is 16.4. The van der Waals surface area contributed by atoms with Gasteiger partial charge in [-0.3, -0.25) is 9.79 Å². The first kappa shape index (κ1) is 16.3. The molecule has 0 fully saturated rings. The molecule has 0 saturated heterocycles. The number of carbonyl (C=O) groups excluding carboxylic acids is 1. The highest BCUT2D eigenvalue weighted by atomic mass is 32.2. The molecule has 1 heterocycles. The first-order valence-electron chi connectivity index (χ1n) is 6.14. The lowest BCUT2D eigenvalue weighted by Crippen LogP contribution is -2.23. The van der Waals surface area contributed by atoms with Crippen molar-refractivity contribution in [2.24, 2.45) is 10.1 Å². The van der Waals surface area contributed by atoms with E-state index in [-0.39, 0.29) is 16.1 Å². The van der Waals surface area contributed by atoms with Crippen molar-refractivity contribution < 1.29 is 13.2 Å². The van der Waals surface area contributed by atoms with Crippen molar-refractivity contribution in [2.45, 2.75) is 17.1 Å². The number of carbonyl (C=O) groups is 1. The summed E-state index contributed by atoms with van der Waals surface area (Å²) in [5, 5.41) is 7.48. The third-order valence-corrected chi connectivity index (χ3v) is 5.89. The smallest absolute Gasteiger partial charge is 0.238 e. The van der Waals surface area contributed by atoms with E-state index in [4.69, 9.17) is 5.14 Å². The minimum Gasteiger partial charge on any atom is -0.325 e. The van der Waals surface area contributed by atoms with Gasteiger partial charge in [0.1, 0.15) is 4.38 Å². The standard InChI is InChI=1S/C12H15N3O3S3/c1-8(20-12-14-6-7-19-12)11(16)15-9-2-4-10(5-3-9)21(13,17)18/h2-5,8H,6-7H2,1H3,(H,15,16)(H2,13,17,18)/t8-/m1/s1. The van der Waals surface area contributed by atoms with Crippen LogP contribution in [0.25, 0.3) is 0 Å². The maximum Gasteiger partial charge on any atom is 0.238 e. The Morgan fingerprint density at radius 2 is 2.10 bits per heavy atom. The van der Waals surface area contributed by atoms with Crippen molar-refractivity contribution >= 4 is 49.5 Å². The van der Waals surface area contributed by atoms with Gasteiger partial charge < -0.3 is 5.32 Å². The van der Waals surface area contributed by atoms with Gasteiger partial charge in [-0.05, 0) is 31.2 Å². The number of nitrogens with zero attached hydrogens (tertiary/aromatic N) is 1. The summed E-state index contributed by atoms with van der Waals surface area (Å²) in [7, 11) is -3.72. The number of rotatable bonds is 4. The number of sulfonamides is 1. The largest absolute Gasteiger partial charge is 0.325 e. The Labute approximate surface area is 132 Å².